The van der Waals surface area contributed by atoms with E-state index >= 15 is 0 Å². The molecular formula is C14H19N3OS. The second-order valence-electron chi connectivity index (χ2n) is 4.77. The minimum Gasteiger partial charge on any atom is -0.310 e. The van der Waals surface area contributed by atoms with Gasteiger partial charge in [-0.1, -0.05) is 36.3 Å². The Labute approximate surface area is 117 Å². The van der Waals surface area contributed by atoms with Crippen molar-refractivity contribution in [1.82, 2.24) is 15.6 Å². The summed E-state index contributed by atoms with van der Waals surface area (Å²) in [5, 5.41) is 11.1. The third-order valence-corrected chi connectivity index (χ3v) is 3.74. The van der Waals surface area contributed by atoms with E-state index in [0.717, 1.165) is 23.7 Å². The summed E-state index contributed by atoms with van der Waals surface area (Å²) in [6.07, 6.45) is 0. The molecule has 0 atom stereocenters. The summed E-state index contributed by atoms with van der Waals surface area (Å²) >= 11 is 1.75. The summed E-state index contributed by atoms with van der Waals surface area (Å²) in [6.45, 7) is 7.11. The molecule has 1 N–H and O–H groups in total. The smallest absolute Gasteiger partial charge is 0.118 e. The van der Waals surface area contributed by atoms with E-state index < -0.39 is 0 Å². The Balaban J connectivity index is 1.93. The quantitative estimate of drug-likeness (QED) is 0.822. The Morgan fingerprint density at radius 3 is 2.84 bits per heavy atom. The van der Waals surface area contributed by atoms with Gasteiger partial charge in [0.15, 0.2) is 0 Å². The van der Waals surface area contributed by atoms with Crippen LogP contribution in [0, 0.1) is 6.92 Å². The van der Waals surface area contributed by atoms with Crippen molar-refractivity contribution in [2.75, 3.05) is 0 Å². The van der Waals surface area contributed by atoms with Crippen molar-refractivity contribution in [3.63, 3.8) is 0 Å². The van der Waals surface area contributed by atoms with Gasteiger partial charge in [-0.2, -0.15) is 0 Å². The van der Waals surface area contributed by atoms with E-state index in [1.165, 1.54) is 10.5 Å². The lowest BCUT2D eigenvalue weighted by atomic mass is 10.2. The van der Waals surface area contributed by atoms with Crippen LogP contribution in [-0.2, 0) is 12.3 Å². The number of thioether (sulfide) groups is 1. The van der Waals surface area contributed by atoms with Crippen LogP contribution in [-0.4, -0.2) is 16.4 Å². The zero-order valence-corrected chi connectivity index (χ0v) is 12.3. The summed E-state index contributed by atoms with van der Waals surface area (Å²) in [5.41, 5.74) is 3.08. The second kappa shape index (κ2) is 6.73. The molecule has 0 fully saturated rings. The minimum absolute atomic E-state index is 0.500. The van der Waals surface area contributed by atoms with Crippen molar-refractivity contribution in [2.45, 2.75) is 44.0 Å². The lowest BCUT2D eigenvalue weighted by Gasteiger charge is -2.09. The highest BCUT2D eigenvalue weighted by Crippen LogP contribution is 2.23. The van der Waals surface area contributed by atoms with E-state index in [0.29, 0.717) is 6.04 Å². The fraction of sp³-hybridized carbons (Fsp3) is 0.429. The fourth-order valence-electron chi connectivity index (χ4n) is 1.60. The van der Waals surface area contributed by atoms with Gasteiger partial charge in [-0.3, -0.25) is 0 Å². The molecule has 0 amide bonds. The van der Waals surface area contributed by atoms with Gasteiger partial charge >= 0.3 is 0 Å². The highest BCUT2D eigenvalue weighted by atomic mass is 32.2. The number of nitrogens with one attached hydrogen (secondary N) is 1. The molecule has 2 aromatic rings. The minimum atomic E-state index is 0.500. The fourth-order valence-corrected chi connectivity index (χ4v) is 2.57. The molecule has 0 saturated heterocycles. The first kappa shape index (κ1) is 14.1. The van der Waals surface area contributed by atoms with E-state index in [1.54, 1.807) is 11.8 Å². The van der Waals surface area contributed by atoms with Crippen LogP contribution in [0.15, 0.2) is 33.8 Å². The average molecular weight is 277 g/mol. The molecule has 1 heterocycles. The van der Waals surface area contributed by atoms with Gasteiger partial charge < -0.3 is 5.32 Å². The molecule has 19 heavy (non-hydrogen) atoms. The number of aromatic nitrogens is 2. The van der Waals surface area contributed by atoms with Gasteiger partial charge in [-0.15, -0.1) is 11.8 Å². The topological polar surface area (TPSA) is 51.0 Å². The lowest BCUT2D eigenvalue weighted by Crippen LogP contribution is -2.21. The van der Waals surface area contributed by atoms with E-state index in [4.69, 9.17) is 4.63 Å². The van der Waals surface area contributed by atoms with Crippen LogP contribution in [0.2, 0.25) is 0 Å². The SMILES string of the molecule is Cc1nonc1CSc1cccc(CNC(C)C)c1. The van der Waals surface area contributed by atoms with Gasteiger partial charge in [0.2, 0.25) is 0 Å². The predicted molar refractivity (Wildman–Crippen MR) is 77.0 cm³/mol. The second-order valence-corrected chi connectivity index (χ2v) is 5.82. The van der Waals surface area contributed by atoms with Crippen LogP contribution in [0.25, 0.3) is 0 Å². The van der Waals surface area contributed by atoms with Gasteiger partial charge in [-0.05, 0) is 24.6 Å². The van der Waals surface area contributed by atoms with Gasteiger partial charge in [0.25, 0.3) is 0 Å². The Bertz CT molecular complexity index is 525. The number of rotatable bonds is 6. The summed E-state index contributed by atoms with van der Waals surface area (Å²) in [5.74, 6) is 0.788. The Kier molecular flexibility index (Phi) is 4.99. The Morgan fingerprint density at radius 2 is 2.16 bits per heavy atom. The average Bonchev–Trinajstić information content (AvgIpc) is 2.80. The molecule has 0 unspecified atom stereocenters. The monoisotopic (exact) mass is 277 g/mol. The number of nitrogens with zero attached hydrogens (tertiary/aromatic N) is 2. The molecule has 0 bridgehead atoms. The summed E-state index contributed by atoms with van der Waals surface area (Å²) < 4.78 is 4.70. The molecule has 1 aromatic carbocycles. The zero-order chi connectivity index (χ0) is 13.7. The maximum Gasteiger partial charge on any atom is 0.118 e. The van der Waals surface area contributed by atoms with Gasteiger partial charge in [0.1, 0.15) is 11.4 Å². The Hall–Kier alpha value is -1.33. The largest absolute Gasteiger partial charge is 0.310 e. The lowest BCUT2D eigenvalue weighted by molar-refractivity contribution is 0.302. The molecule has 4 nitrogen and oxygen atoms in total. The first-order valence-electron chi connectivity index (χ1n) is 6.38. The molecule has 1 aromatic heterocycles. The molecule has 0 aliphatic rings. The summed E-state index contributed by atoms with van der Waals surface area (Å²) in [6, 6.07) is 9.06. The highest BCUT2D eigenvalue weighted by molar-refractivity contribution is 7.98. The maximum atomic E-state index is 4.70. The maximum absolute atomic E-state index is 4.70. The molecule has 0 radical (unpaired) electrons. The van der Waals surface area contributed by atoms with E-state index in [1.807, 2.05) is 6.92 Å². The predicted octanol–water partition coefficient (Wildman–Crippen LogP) is 3.17. The third kappa shape index (κ3) is 4.36. The molecule has 0 saturated carbocycles. The molecule has 0 aliphatic heterocycles. The van der Waals surface area contributed by atoms with E-state index in [9.17, 15) is 0 Å². The van der Waals surface area contributed by atoms with Crippen molar-refractivity contribution >= 4 is 11.8 Å². The van der Waals surface area contributed by atoms with Crippen molar-refractivity contribution in [2.24, 2.45) is 0 Å². The first-order valence-corrected chi connectivity index (χ1v) is 7.37. The summed E-state index contributed by atoms with van der Waals surface area (Å²) in [4.78, 5) is 1.24. The molecule has 2 rings (SSSR count). The van der Waals surface area contributed by atoms with Crippen LogP contribution < -0.4 is 5.32 Å². The molecule has 0 spiro atoms. The normalized spacial score (nSPS) is 11.2. The van der Waals surface area contributed by atoms with Crippen LogP contribution >= 0.6 is 11.8 Å². The van der Waals surface area contributed by atoms with E-state index in [2.05, 4.69) is 53.7 Å². The molecule has 5 heteroatoms. The highest BCUT2D eigenvalue weighted by Gasteiger charge is 2.06. The van der Waals surface area contributed by atoms with Crippen LogP contribution in [0.1, 0.15) is 30.8 Å². The van der Waals surface area contributed by atoms with Crippen molar-refractivity contribution < 1.29 is 4.63 Å². The third-order valence-electron chi connectivity index (χ3n) is 2.73. The van der Waals surface area contributed by atoms with Gasteiger partial charge in [-0.25, -0.2) is 4.63 Å². The summed E-state index contributed by atoms with van der Waals surface area (Å²) in [7, 11) is 0. The Morgan fingerprint density at radius 1 is 1.32 bits per heavy atom. The van der Waals surface area contributed by atoms with Crippen LogP contribution in [0.4, 0.5) is 0 Å². The molecular weight excluding hydrogens is 258 g/mol. The van der Waals surface area contributed by atoms with Crippen LogP contribution in [0.3, 0.4) is 0 Å². The van der Waals surface area contributed by atoms with Crippen molar-refractivity contribution in [3.05, 3.63) is 41.2 Å². The van der Waals surface area contributed by atoms with E-state index in [-0.39, 0.29) is 0 Å². The molecule has 0 aliphatic carbocycles. The standard InChI is InChI=1S/C14H19N3OS/c1-10(2)15-8-12-5-4-6-13(7-12)19-9-14-11(3)16-18-17-14/h4-7,10,15H,8-9H2,1-3H3. The van der Waals surface area contributed by atoms with Crippen molar-refractivity contribution in [1.29, 1.82) is 0 Å². The number of aryl methyl sites for hydroxylation is 1. The number of hydrogen-bond donors (Lipinski definition) is 1. The van der Waals surface area contributed by atoms with Crippen molar-refractivity contribution in [3.8, 4) is 0 Å². The molecule has 102 valence electrons. The first-order chi connectivity index (χ1) is 9.15. The zero-order valence-electron chi connectivity index (χ0n) is 11.5. The van der Waals surface area contributed by atoms with Gasteiger partial charge in [0, 0.05) is 23.2 Å². The number of hydrogen-bond acceptors (Lipinski definition) is 5. The number of benzene rings is 1. The van der Waals surface area contributed by atoms with Gasteiger partial charge in [0.05, 0.1) is 0 Å². The van der Waals surface area contributed by atoms with Crippen LogP contribution in [0.5, 0.6) is 0 Å².